The monoisotopic (exact) mass is 794 g/mol. The third kappa shape index (κ3) is 6.24. The molecule has 4 unspecified atom stereocenters. The first-order valence-corrected chi connectivity index (χ1v) is 25.5. The van der Waals surface area contributed by atoms with Gasteiger partial charge in [0.2, 0.25) is 0 Å². The summed E-state index contributed by atoms with van der Waals surface area (Å²) in [6, 6.07) is 19.2. The van der Waals surface area contributed by atoms with Crippen molar-refractivity contribution in [3.63, 3.8) is 0 Å². The molecule has 0 amide bonds. The molecule has 2 aliphatic carbocycles. The fourth-order valence-corrected chi connectivity index (χ4v) is 28.2. The minimum absolute atomic E-state index is 0. The normalized spacial score (nSPS) is 18.7. The van der Waals surface area contributed by atoms with Gasteiger partial charge in [-0.2, -0.15) is 0 Å². The van der Waals surface area contributed by atoms with Gasteiger partial charge >= 0.3 is 304 Å². The molecule has 0 nitrogen and oxygen atoms in total. The van der Waals surface area contributed by atoms with Crippen LogP contribution in [0.25, 0.3) is 34.4 Å². The van der Waals surface area contributed by atoms with E-state index in [0.717, 1.165) is 0 Å². The summed E-state index contributed by atoms with van der Waals surface area (Å²) in [5.41, 5.74) is 27.5. The summed E-state index contributed by atoms with van der Waals surface area (Å²) in [5, 5.41) is 0. The molecule has 1 fully saturated rings. The zero-order chi connectivity index (χ0) is 35.1. The Labute approximate surface area is 326 Å². The van der Waals surface area contributed by atoms with Crippen LogP contribution in [-0.4, -0.2) is 0 Å². The molecule has 1 aliphatic heterocycles. The van der Waals surface area contributed by atoms with Crippen molar-refractivity contribution < 1.29 is 45.1 Å². The number of rotatable bonds is 8. The van der Waals surface area contributed by atoms with Gasteiger partial charge in [-0.1, -0.05) is 0 Å². The van der Waals surface area contributed by atoms with E-state index in [-0.39, 0.29) is 24.8 Å². The summed E-state index contributed by atoms with van der Waals surface area (Å²) in [6.07, 6.45) is 7.64. The summed E-state index contributed by atoms with van der Waals surface area (Å²) >= 11 is -2.83. The van der Waals surface area contributed by atoms with Gasteiger partial charge in [0.25, 0.3) is 0 Å². The molecule has 7 rings (SSSR count). The molecule has 3 heteroatoms. The number of halogens is 2. The van der Waals surface area contributed by atoms with Gasteiger partial charge in [-0.15, -0.1) is 0 Å². The molecule has 0 radical (unpaired) electrons. The largest absolute Gasteiger partial charge is 1.00 e. The third-order valence-electron chi connectivity index (χ3n) is 13.9. The summed E-state index contributed by atoms with van der Waals surface area (Å²) in [5.74, 6) is 1.20. The molecule has 0 aromatic heterocycles. The van der Waals surface area contributed by atoms with Gasteiger partial charge in [-0.3, -0.25) is 0 Å². The van der Waals surface area contributed by atoms with Crippen molar-refractivity contribution in [2.75, 3.05) is 0 Å². The summed E-state index contributed by atoms with van der Waals surface area (Å²) in [4.78, 5) is 0. The zero-order valence-corrected chi connectivity index (χ0v) is 37.1. The molecule has 51 heavy (non-hydrogen) atoms. The standard InChI is InChI=1S/2C23H27.C2H4.2ClH.Zr/c2*1-7-15(3)19-8-10-20(11-9-19)23-18(6)16(4)17(5)21-12-14(2)13-22(21)23;1-2;;;/h2*8-13,15H,7H2,1-6H3;1-2H2;2*1H;/q;;;;;+2/p-2. The topological polar surface area (TPSA) is 0 Å². The first-order chi connectivity index (χ1) is 23.4. The molecule has 4 aromatic rings. The molecule has 0 saturated carbocycles. The Bertz CT molecular complexity index is 1890. The first kappa shape index (κ1) is 40.0. The Balaban J connectivity index is 0.00000252. The van der Waals surface area contributed by atoms with Crippen LogP contribution in [0.3, 0.4) is 0 Å². The van der Waals surface area contributed by atoms with E-state index in [2.05, 4.69) is 144 Å². The van der Waals surface area contributed by atoms with E-state index in [0.29, 0.717) is 19.1 Å². The number of hydrogen-bond donors (Lipinski definition) is 0. The second kappa shape index (κ2) is 14.9. The van der Waals surface area contributed by atoms with E-state index in [1.54, 1.807) is 44.5 Å². The molecule has 4 aromatic carbocycles. The van der Waals surface area contributed by atoms with Crippen molar-refractivity contribution in [1.82, 2.24) is 0 Å². The van der Waals surface area contributed by atoms with Crippen molar-refractivity contribution >= 4 is 12.2 Å². The molecule has 0 spiro atoms. The SMILES string of the molecule is CCC(C)c1ccc(-c2c(C)c(C)c(C)c3c2C=C(C)[CH]3[Zr+2]2([CH]3C(C)=Cc4c(-c5ccc(C(C)CC)cc5)c(C)c(C)c(C)c43)[CH2][CH2]2)cc1.[Cl-].[Cl-]. The number of hydrogen-bond acceptors (Lipinski definition) is 0. The Morgan fingerprint density at radius 2 is 0.843 bits per heavy atom. The second-order valence-corrected chi connectivity index (χ2v) is 27.8. The fourth-order valence-electron chi connectivity index (χ4n) is 10.1. The summed E-state index contributed by atoms with van der Waals surface area (Å²) in [7, 11) is 0. The van der Waals surface area contributed by atoms with Gasteiger partial charge < -0.3 is 24.8 Å². The van der Waals surface area contributed by atoms with Crippen molar-refractivity contribution in [2.45, 2.75) is 123 Å². The van der Waals surface area contributed by atoms with Crippen molar-refractivity contribution in [3.8, 4) is 22.3 Å². The molecule has 0 N–H and O–H groups in total. The molecule has 0 bridgehead atoms. The average molecular weight is 797 g/mol. The quantitative estimate of drug-likeness (QED) is 0.168. The summed E-state index contributed by atoms with van der Waals surface area (Å²) < 4.78 is 4.30. The van der Waals surface area contributed by atoms with Crippen molar-refractivity contribution in [1.29, 1.82) is 0 Å². The van der Waals surface area contributed by atoms with Crippen LogP contribution in [0.2, 0.25) is 8.26 Å². The molecule has 4 atom stereocenters. The van der Waals surface area contributed by atoms with Crippen LogP contribution < -0.4 is 24.8 Å². The minimum Gasteiger partial charge on any atom is -1.00 e. The van der Waals surface area contributed by atoms with Gasteiger partial charge in [0.15, 0.2) is 0 Å². The molecule has 3 aliphatic rings. The average Bonchev–Trinajstić information content (AvgIpc) is 3.70. The first-order valence-electron chi connectivity index (χ1n) is 19.2. The van der Waals surface area contributed by atoms with Gasteiger partial charge in [-0.25, -0.2) is 0 Å². The summed E-state index contributed by atoms with van der Waals surface area (Å²) in [6.45, 7) is 28.7. The van der Waals surface area contributed by atoms with Crippen LogP contribution in [0.15, 0.2) is 59.7 Å². The van der Waals surface area contributed by atoms with Crippen molar-refractivity contribution in [3.05, 3.63) is 126 Å². The Morgan fingerprint density at radius 3 is 1.14 bits per heavy atom. The maximum Gasteiger partial charge on any atom is -1.00 e. The van der Waals surface area contributed by atoms with E-state index in [9.17, 15) is 0 Å². The second-order valence-electron chi connectivity index (χ2n) is 16.4. The molecule has 268 valence electrons. The Hall–Kier alpha value is -2.18. The smallest absolute Gasteiger partial charge is 1.00 e. The van der Waals surface area contributed by atoms with Crippen LogP contribution in [0, 0.1) is 41.5 Å². The van der Waals surface area contributed by atoms with Crippen LogP contribution in [0.4, 0.5) is 0 Å². The van der Waals surface area contributed by atoms with Crippen LogP contribution >= 0.6 is 0 Å². The van der Waals surface area contributed by atoms with E-state index >= 15 is 0 Å². The van der Waals surface area contributed by atoms with Gasteiger partial charge in [-0.05, 0) is 0 Å². The minimum atomic E-state index is -2.83. The van der Waals surface area contributed by atoms with Crippen molar-refractivity contribution in [2.24, 2.45) is 0 Å². The molecule has 1 saturated heterocycles. The third-order valence-corrected chi connectivity index (χ3v) is 27.3. The predicted molar refractivity (Wildman–Crippen MR) is 212 cm³/mol. The van der Waals surface area contributed by atoms with Gasteiger partial charge in [0.1, 0.15) is 0 Å². The number of benzene rings is 4. The van der Waals surface area contributed by atoms with Crippen LogP contribution in [-0.2, 0) is 20.3 Å². The molecular formula is C48H58Cl2Zr. The maximum absolute atomic E-state index is 2.83. The zero-order valence-electron chi connectivity index (χ0n) is 33.2. The molecule has 1 heterocycles. The Kier molecular flexibility index (Phi) is 11.7. The van der Waals surface area contributed by atoms with E-state index in [1.165, 1.54) is 76.7 Å². The van der Waals surface area contributed by atoms with E-state index < -0.39 is 20.3 Å². The number of fused-ring (bicyclic) bond motifs is 2. The van der Waals surface area contributed by atoms with E-state index in [1.807, 2.05) is 0 Å². The van der Waals surface area contributed by atoms with E-state index in [4.69, 9.17) is 0 Å². The Morgan fingerprint density at radius 1 is 0.510 bits per heavy atom. The van der Waals surface area contributed by atoms with Gasteiger partial charge in [0, 0.05) is 0 Å². The number of allylic oxidation sites excluding steroid dienone is 2. The van der Waals surface area contributed by atoms with Crippen LogP contribution in [0.1, 0.15) is 140 Å². The fraction of sp³-hybridized carbons (Fsp3) is 0.417. The van der Waals surface area contributed by atoms with Crippen LogP contribution in [0.5, 0.6) is 0 Å². The maximum atomic E-state index is 2.64. The molecular weight excluding hydrogens is 739 g/mol. The predicted octanol–water partition coefficient (Wildman–Crippen LogP) is 8.53. The van der Waals surface area contributed by atoms with Gasteiger partial charge in [0.05, 0.1) is 0 Å².